The first-order valence-electron chi connectivity index (χ1n) is 5.38. The van der Waals surface area contributed by atoms with Crippen LogP contribution in [-0.4, -0.2) is 9.97 Å². The quantitative estimate of drug-likeness (QED) is 0.848. The van der Waals surface area contributed by atoms with E-state index in [1.165, 1.54) is 11.6 Å². The Morgan fingerprint density at radius 2 is 2.18 bits per heavy atom. The molecule has 0 unspecified atom stereocenters. The van der Waals surface area contributed by atoms with Gasteiger partial charge in [-0.15, -0.1) is 11.6 Å². The highest BCUT2D eigenvalue weighted by atomic mass is 35.5. The van der Waals surface area contributed by atoms with Gasteiger partial charge in [0.1, 0.15) is 5.82 Å². The molecule has 0 radical (unpaired) electrons. The Labute approximate surface area is 104 Å². The van der Waals surface area contributed by atoms with Crippen LogP contribution in [0.15, 0.2) is 35.1 Å². The van der Waals surface area contributed by atoms with Gasteiger partial charge in [-0.1, -0.05) is 29.8 Å². The third kappa shape index (κ3) is 3.17. The summed E-state index contributed by atoms with van der Waals surface area (Å²) in [5.74, 6) is 0.906. The summed E-state index contributed by atoms with van der Waals surface area (Å²) in [5.41, 5.74) is 2.77. The molecule has 0 aliphatic carbocycles. The van der Waals surface area contributed by atoms with Gasteiger partial charge in [0.25, 0.3) is 5.56 Å². The standard InChI is InChI=1S/C13H13ClN2O/c1-9-3-2-4-10(5-9)6-12-15-11(8-14)7-13(17)16-12/h2-5,7H,6,8H2,1H3,(H,15,16,17). The molecule has 4 heteroatoms. The van der Waals surface area contributed by atoms with Crippen molar-refractivity contribution in [3.63, 3.8) is 0 Å². The van der Waals surface area contributed by atoms with Crippen LogP contribution in [0.2, 0.25) is 0 Å². The fourth-order valence-corrected chi connectivity index (χ4v) is 1.87. The summed E-state index contributed by atoms with van der Waals surface area (Å²) in [4.78, 5) is 18.4. The van der Waals surface area contributed by atoms with Gasteiger partial charge >= 0.3 is 0 Å². The van der Waals surface area contributed by atoms with Gasteiger partial charge in [-0.2, -0.15) is 0 Å². The van der Waals surface area contributed by atoms with E-state index in [0.717, 1.165) is 5.56 Å². The smallest absolute Gasteiger partial charge is 0.251 e. The molecule has 17 heavy (non-hydrogen) atoms. The normalized spacial score (nSPS) is 10.5. The number of benzene rings is 1. The Bertz CT molecular complexity index is 578. The van der Waals surface area contributed by atoms with Gasteiger partial charge in [0.2, 0.25) is 0 Å². The zero-order valence-electron chi connectivity index (χ0n) is 9.53. The van der Waals surface area contributed by atoms with Crippen molar-refractivity contribution in [3.8, 4) is 0 Å². The maximum absolute atomic E-state index is 11.4. The Balaban J connectivity index is 2.29. The van der Waals surface area contributed by atoms with Crippen molar-refractivity contribution in [2.75, 3.05) is 0 Å². The summed E-state index contributed by atoms with van der Waals surface area (Å²) < 4.78 is 0. The molecule has 1 aromatic carbocycles. The maximum Gasteiger partial charge on any atom is 0.251 e. The molecule has 0 amide bonds. The molecule has 3 nitrogen and oxygen atoms in total. The van der Waals surface area contributed by atoms with E-state index >= 15 is 0 Å². The molecule has 1 N–H and O–H groups in total. The highest BCUT2D eigenvalue weighted by Crippen LogP contribution is 2.08. The molecule has 0 saturated carbocycles. The van der Waals surface area contributed by atoms with Crippen molar-refractivity contribution >= 4 is 11.6 Å². The fraction of sp³-hybridized carbons (Fsp3) is 0.231. The van der Waals surface area contributed by atoms with Crippen molar-refractivity contribution in [1.82, 2.24) is 9.97 Å². The molecular weight excluding hydrogens is 236 g/mol. The number of aromatic amines is 1. The van der Waals surface area contributed by atoms with E-state index in [0.29, 0.717) is 17.9 Å². The predicted octanol–water partition coefficient (Wildman–Crippen LogP) is 2.41. The molecule has 0 aliphatic rings. The Morgan fingerprint density at radius 3 is 2.88 bits per heavy atom. The second-order valence-corrected chi connectivity index (χ2v) is 4.25. The minimum absolute atomic E-state index is 0.154. The summed E-state index contributed by atoms with van der Waals surface area (Å²) in [6.07, 6.45) is 0.613. The lowest BCUT2D eigenvalue weighted by Gasteiger charge is -2.03. The van der Waals surface area contributed by atoms with E-state index in [9.17, 15) is 4.79 Å². The number of aromatic nitrogens is 2. The zero-order valence-corrected chi connectivity index (χ0v) is 10.3. The van der Waals surface area contributed by atoms with Crippen molar-refractivity contribution in [1.29, 1.82) is 0 Å². The third-order valence-corrected chi connectivity index (χ3v) is 2.71. The average molecular weight is 249 g/mol. The summed E-state index contributed by atoms with van der Waals surface area (Å²) in [6.45, 7) is 2.04. The minimum atomic E-state index is -0.154. The molecule has 0 bridgehead atoms. The van der Waals surface area contributed by atoms with Crippen molar-refractivity contribution in [2.24, 2.45) is 0 Å². The maximum atomic E-state index is 11.4. The molecule has 88 valence electrons. The number of hydrogen-bond donors (Lipinski definition) is 1. The van der Waals surface area contributed by atoms with Gasteiger partial charge in [-0.25, -0.2) is 4.98 Å². The van der Waals surface area contributed by atoms with Gasteiger partial charge in [0.15, 0.2) is 0 Å². The third-order valence-electron chi connectivity index (χ3n) is 2.43. The van der Waals surface area contributed by atoms with Gasteiger partial charge in [-0.3, -0.25) is 4.79 Å². The predicted molar refractivity (Wildman–Crippen MR) is 68.4 cm³/mol. The first-order valence-corrected chi connectivity index (χ1v) is 5.91. The van der Waals surface area contributed by atoms with Crippen LogP contribution in [-0.2, 0) is 12.3 Å². The fourth-order valence-electron chi connectivity index (χ4n) is 1.73. The van der Waals surface area contributed by atoms with Crippen LogP contribution in [0.3, 0.4) is 0 Å². The monoisotopic (exact) mass is 248 g/mol. The molecule has 0 saturated heterocycles. The van der Waals surface area contributed by atoms with E-state index in [1.807, 2.05) is 25.1 Å². The highest BCUT2D eigenvalue weighted by molar-refractivity contribution is 6.16. The molecule has 0 spiro atoms. The average Bonchev–Trinajstić information content (AvgIpc) is 2.28. The first-order chi connectivity index (χ1) is 8.17. The second-order valence-electron chi connectivity index (χ2n) is 3.98. The number of hydrogen-bond acceptors (Lipinski definition) is 2. The van der Waals surface area contributed by atoms with Crippen molar-refractivity contribution in [3.05, 3.63) is 63.3 Å². The number of nitrogens with one attached hydrogen (secondary N) is 1. The van der Waals surface area contributed by atoms with Crippen molar-refractivity contribution < 1.29 is 0 Å². The molecule has 1 aromatic heterocycles. The summed E-state index contributed by atoms with van der Waals surface area (Å²) in [5, 5.41) is 0. The lowest BCUT2D eigenvalue weighted by molar-refractivity contribution is 0.914. The van der Waals surface area contributed by atoms with Crippen LogP contribution < -0.4 is 5.56 Å². The molecule has 0 fully saturated rings. The SMILES string of the molecule is Cc1cccc(Cc2nc(CCl)cc(=O)[nH]2)c1. The van der Waals surface area contributed by atoms with Gasteiger partial charge in [-0.05, 0) is 12.5 Å². The lowest BCUT2D eigenvalue weighted by Crippen LogP contribution is -2.12. The van der Waals surface area contributed by atoms with Gasteiger partial charge in [0.05, 0.1) is 11.6 Å². The van der Waals surface area contributed by atoms with Gasteiger partial charge in [0, 0.05) is 12.5 Å². The van der Waals surface area contributed by atoms with Crippen LogP contribution >= 0.6 is 11.6 Å². The topological polar surface area (TPSA) is 45.8 Å². The van der Waals surface area contributed by atoms with Gasteiger partial charge < -0.3 is 4.98 Å². The van der Waals surface area contributed by atoms with E-state index < -0.39 is 0 Å². The van der Waals surface area contributed by atoms with Crippen LogP contribution in [0.1, 0.15) is 22.6 Å². The largest absolute Gasteiger partial charge is 0.310 e. The second kappa shape index (κ2) is 5.15. The zero-order chi connectivity index (χ0) is 12.3. The van der Waals surface area contributed by atoms with E-state index in [4.69, 9.17) is 11.6 Å². The van der Waals surface area contributed by atoms with Crippen LogP contribution in [0.25, 0.3) is 0 Å². The lowest BCUT2D eigenvalue weighted by atomic mass is 10.1. The van der Waals surface area contributed by atoms with Crippen LogP contribution in [0.4, 0.5) is 0 Å². The van der Waals surface area contributed by atoms with Crippen LogP contribution in [0.5, 0.6) is 0 Å². The summed E-state index contributed by atoms with van der Waals surface area (Å²) >= 11 is 5.68. The number of aryl methyl sites for hydroxylation is 1. The summed E-state index contributed by atoms with van der Waals surface area (Å²) in [6, 6.07) is 9.55. The highest BCUT2D eigenvalue weighted by Gasteiger charge is 2.02. The van der Waals surface area contributed by atoms with Crippen LogP contribution in [0, 0.1) is 6.92 Å². The first kappa shape index (κ1) is 11.9. The number of halogens is 1. The van der Waals surface area contributed by atoms with E-state index in [1.54, 1.807) is 0 Å². The Morgan fingerprint density at radius 1 is 1.35 bits per heavy atom. The number of alkyl halides is 1. The molecule has 2 rings (SSSR count). The van der Waals surface area contributed by atoms with E-state index in [-0.39, 0.29) is 11.4 Å². The van der Waals surface area contributed by atoms with Crippen molar-refractivity contribution in [2.45, 2.75) is 19.2 Å². The Hall–Kier alpha value is -1.61. The molecule has 0 atom stereocenters. The molecule has 0 aliphatic heterocycles. The number of rotatable bonds is 3. The molecule has 1 heterocycles. The number of H-pyrrole nitrogens is 1. The number of nitrogens with zero attached hydrogens (tertiary/aromatic N) is 1. The minimum Gasteiger partial charge on any atom is -0.310 e. The summed E-state index contributed by atoms with van der Waals surface area (Å²) in [7, 11) is 0. The Kier molecular flexibility index (Phi) is 3.59. The van der Waals surface area contributed by atoms with E-state index in [2.05, 4.69) is 16.0 Å². The molecule has 2 aromatic rings. The molecular formula is C13H13ClN2O.